The summed E-state index contributed by atoms with van der Waals surface area (Å²) in [4.78, 5) is 4.52. The monoisotopic (exact) mass is 243 g/mol. The van der Waals surface area contributed by atoms with E-state index in [1.807, 2.05) is 12.3 Å². The molecule has 0 unspecified atom stereocenters. The molecule has 0 amide bonds. The topological polar surface area (TPSA) is 38.7 Å². The first-order chi connectivity index (χ1) is 8.21. The highest BCUT2D eigenvalue weighted by Crippen LogP contribution is 2.31. The summed E-state index contributed by atoms with van der Waals surface area (Å²) >= 11 is 0. The quantitative estimate of drug-likeness (QED) is 0.709. The van der Waals surface area contributed by atoms with E-state index in [9.17, 15) is 0 Å². The Bertz CT molecular complexity index is 522. The predicted octanol–water partition coefficient (Wildman–Crippen LogP) is 3.62. The molecule has 2 heterocycles. The Morgan fingerprint density at radius 3 is 1.94 bits per heavy atom. The van der Waals surface area contributed by atoms with E-state index in [1.54, 1.807) is 0 Å². The van der Waals surface area contributed by atoms with Crippen molar-refractivity contribution in [1.82, 2.24) is 15.2 Å². The summed E-state index contributed by atoms with van der Waals surface area (Å²) in [6, 6.07) is 4.05. The molecular formula is C15H21N3. The van der Waals surface area contributed by atoms with Gasteiger partial charge >= 0.3 is 0 Å². The SMILES string of the molecule is CC(C)(C)c1nnc(C(C)(C)C)c2ncccc12. The third kappa shape index (κ3) is 2.22. The fourth-order valence-corrected chi connectivity index (χ4v) is 2.05. The summed E-state index contributed by atoms with van der Waals surface area (Å²) in [6.07, 6.45) is 1.83. The number of hydrogen-bond acceptors (Lipinski definition) is 3. The van der Waals surface area contributed by atoms with Gasteiger partial charge in [-0.1, -0.05) is 41.5 Å². The fraction of sp³-hybridized carbons (Fsp3) is 0.533. The van der Waals surface area contributed by atoms with Gasteiger partial charge in [-0.3, -0.25) is 4.98 Å². The van der Waals surface area contributed by atoms with Crippen molar-refractivity contribution in [2.45, 2.75) is 52.4 Å². The van der Waals surface area contributed by atoms with Crippen LogP contribution < -0.4 is 0 Å². The maximum absolute atomic E-state index is 4.52. The van der Waals surface area contributed by atoms with Crippen molar-refractivity contribution in [3.63, 3.8) is 0 Å². The molecule has 3 heteroatoms. The minimum Gasteiger partial charge on any atom is -0.254 e. The van der Waals surface area contributed by atoms with Crippen molar-refractivity contribution in [2.24, 2.45) is 0 Å². The summed E-state index contributed by atoms with van der Waals surface area (Å²) in [5, 5.41) is 10.0. The van der Waals surface area contributed by atoms with Crippen molar-refractivity contribution in [3.05, 3.63) is 29.7 Å². The van der Waals surface area contributed by atoms with Crippen LogP contribution in [-0.2, 0) is 10.8 Å². The van der Waals surface area contributed by atoms with Crippen LogP contribution in [0.15, 0.2) is 18.3 Å². The van der Waals surface area contributed by atoms with E-state index in [4.69, 9.17) is 0 Å². The molecule has 0 aliphatic carbocycles. The second-order valence-corrected chi connectivity index (χ2v) is 6.80. The second kappa shape index (κ2) is 4.01. The van der Waals surface area contributed by atoms with Crippen LogP contribution in [0.5, 0.6) is 0 Å². The van der Waals surface area contributed by atoms with Crippen LogP contribution in [0.1, 0.15) is 52.9 Å². The fourth-order valence-electron chi connectivity index (χ4n) is 2.05. The molecule has 0 bridgehead atoms. The van der Waals surface area contributed by atoms with Crippen LogP contribution in [0, 0.1) is 0 Å². The summed E-state index contributed by atoms with van der Waals surface area (Å²) < 4.78 is 0. The minimum absolute atomic E-state index is 0.0231. The van der Waals surface area contributed by atoms with Crippen molar-refractivity contribution >= 4 is 10.9 Å². The molecule has 0 radical (unpaired) electrons. The van der Waals surface area contributed by atoms with Crippen molar-refractivity contribution in [2.75, 3.05) is 0 Å². The van der Waals surface area contributed by atoms with Gasteiger partial charge in [0.2, 0.25) is 0 Å². The molecule has 0 atom stereocenters. The van der Waals surface area contributed by atoms with E-state index in [0.717, 1.165) is 22.3 Å². The first-order valence-electron chi connectivity index (χ1n) is 6.33. The van der Waals surface area contributed by atoms with E-state index in [1.165, 1.54) is 0 Å². The second-order valence-electron chi connectivity index (χ2n) is 6.80. The molecule has 0 aromatic carbocycles. The summed E-state index contributed by atoms with van der Waals surface area (Å²) in [7, 11) is 0. The Morgan fingerprint density at radius 1 is 0.833 bits per heavy atom. The highest BCUT2D eigenvalue weighted by Gasteiger charge is 2.25. The molecule has 0 saturated carbocycles. The number of hydrogen-bond donors (Lipinski definition) is 0. The van der Waals surface area contributed by atoms with Crippen LogP contribution in [0.2, 0.25) is 0 Å². The Labute approximate surface area is 109 Å². The lowest BCUT2D eigenvalue weighted by Crippen LogP contribution is -2.21. The lowest BCUT2D eigenvalue weighted by molar-refractivity contribution is 0.536. The standard InChI is InChI=1S/C15H21N3/c1-14(2,3)12-10-8-7-9-16-11(10)13(18-17-12)15(4,5)6/h7-9H,1-6H3. The number of pyridine rings is 1. The Hall–Kier alpha value is -1.51. The van der Waals surface area contributed by atoms with Gasteiger partial charge in [0.25, 0.3) is 0 Å². The van der Waals surface area contributed by atoms with Gasteiger partial charge in [-0.15, -0.1) is 0 Å². The molecule has 0 fully saturated rings. The first kappa shape index (κ1) is 12.9. The zero-order chi connectivity index (χ0) is 13.6. The molecule has 2 aromatic heterocycles. The van der Waals surface area contributed by atoms with Gasteiger partial charge in [0, 0.05) is 22.4 Å². The van der Waals surface area contributed by atoms with Gasteiger partial charge in [-0.2, -0.15) is 10.2 Å². The smallest absolute Gasteiger partial charge is 0.0960 e. The molecule has 0 aliphatic rings. The lowest BCUT2D eigenvalue weighted by Gasteiger charge is -2.23. The Balaban J connectivity index is 2.83. The first-order valence-corrected chi connectivity index (χ1v) is 6.33. The molecular weight excluding hydrogens is 222 g/mol. The highest BCUT2D eigenvalue weighted by molar-refractivity contribution is 5.83. The average molecular weight is 243 g/mol. The molecule has 0 spiro atoms. The molecule has 0 N–H and O–H groups in total. The summed E-state index contributed by atoms with van der Waals surface area (Å²) in [6.45, 7) is 12.9. The number of nitrogens with zero attached hydrogens (tertiary/aromatic N) is 3. The predicted molar refractivity (Wildman–Crippen MR) is 74.7 cm³/mol. The maximum atomic E-state index is 4.52. The van der Waals surface area contributed by atoms with Crippen LogP contribution in [0.3, 0.4) is 0 Å². The Kier molecular flexibility index (Phi) is 2.88. The highest BCUT2D eigenvalue weighted by atomic mass is 15.1. The number of aromatic nitrogens is 3. The molecule has 2 rings (SSSR count). The van der Waals surface area contributed by atoms with Gasteiger partial charge in [0.05, 0.1) is 16.9 Å². The minimum atomic E-state index is -0.0456. The van der Waals surface area contributed by atoms with Crippen LogP contribution >= 0.6 is 0 Å². The Morgan fingerprint density at radius 2 is 1.39 bits per heavy atom. The van der Waals surface area contributed by atoms with E-state index in [-0.39, 0.29) is 10.8 Å². The van der Waals surface area contributed by atoms with Crippen molar-refractivity contribution in [1.29, 1.82) is 0 Å². The summed E-state index contributed by atoms with van der Waals surface area (Å²) in [5.41, 5.74) is 2.88. The molecule has 2 aromatic rings. The maximum Gasteiger partial charge on any atom is 0.0960 e. The molecule has 96 valence electrons. The van der Waals surface area contributed by atoms with Gasteiger partial charge in [-0.25, -0.2) is 0 Å². The zero-order valence-corrected chi connectivity index (χ0v) is 12.1. The number of fused-ring (bicyclic) bond motifs is 1. The molecule has 3 nitrogen and oxygen atoms in total. The number of rotatable bonds is 0. The van der Waals surface area contributed by atoms with E-state index in [2.05, 4.69) is 62.8 Å². The third-order valence-corrected chi connectivity index (χ3v) is 2.96. The molecule has 18 heavy (non-hydrogen) atoms. The normalized spacial score (nSPS) is 13.0. The zero-order valence-electron chi connectivity index (χ0n) is 12.1. The van der Waals surface area contributed by atoms with Crippen LogP contribution in [-0.4, -0.2) is 15.2 Å². The van der Waals surface area contributed by atoms with Gasteiger partial charge in [-0.05, 0) is 12.1 Å². The van der Waals surface area contributed by atoms with Crippen LogP contribution in [0.4, 0.5) is 0 Å². The van der Waals surface area contributed by atoms with Crippen LogP contribution in [0.25, 0.3) is 10.9 Å². The largest absolute Gasteiger partial charge is 0.254 e. The van der Waals surface area contributed by atoms with Gasteiger partial charge < -0.3 is 0 Å². The summed E-state index contributed by atoms with van der Waals surface area (Å²) in [5.74, 6) is 0. The third-order valence-electron chi connectivity index (χ3n) is 2.96. The molecule has 0 saturated heterocycles. The van der Waals surface area contributed by atoms with Gasteiger partial charge in [0.15, 0.2) is 0 Å². The van der Waals surface area contributed by atoms with Crippen molar-refractivity contribution < 1.29 is 0 Å². The average Bonchev–Trinajstić information content (AvgIpc) is 2.24. The lowest BCUT2D eigenvalue weighted by atomic mass is 9.86. The van der Waals surface area contributed by atoms with E-state index >= 15 is 0 Å². The molecule has 0 aliphatic heterocycles. The van der Waals surface area contributed by atoms with Crippen molar-refractivity contribution in [3.8, 4) is 0 Å². The van der Waals surface area contributed by atoms with Gasteiger partial charge in [0.1, 0.15) is 0 Å². The van der Waals surface area contributed by atoms with E-state index < -0.39 is 0 Å². The van der Waals surface area contributed by atoms with E-state index in [0.29, 0.717) is 0 Å².